The molecule has 0 amide bonds. The van der Waals surface area contributed by atoms with Crippen LogP contribution in [0.15, 0.2) is 36.4 Å². The fraction of sp³-hybridized carbons (Fsp3) is 0.154. The van der Waals surface area contributed by atoms with E-state index < -0.39 is 5.97 Å². The van der Waals surface area contributed by atoms with Crippen molar-refractivity contribution in [2.45, 2.75) is 6.42 Å². The van der Waals surface area contributed by atoms with E-state index in [1.807, 2.05) is 36.4 Å². The summed E-state index contributed by atoms with van der Waals surface area (Å²) < 4.78 is 0. The standard InChI is InChI=1S/C13H14N2O2/c14-13-10-4-2-1-3-9(10)5-6-11(13)15-8-7-12(16)17/h1-6,15H,7-8,14H2,(H,16,17). The van der Waals surface area contributed by atoms with Gasteiger partial charge in [0.1, 0.15) is 0 Å². The van der Waals surface area contributed by atoms with Crippen LogP contribution in [0.3, 0.4) is 0 Å². The number of carboxylic acids is 1. The molecule has 2 aromatic rings. The minimum Gasteiger partial charge on any atom is -0.481 e. The Kier molecular flexibility index (Phi) is 3.14. The van der Waals surface area contributed by atoms with Crippen LogP contribution in [-0.2, 0) is 4.79 Å². The molecule has 0 radical (unpaired) electrons. The van der Waals surface area contributed by atoms with E-state index in [1.165, 1.54) is 0 Å². The van der Waals surface area contributed by atoms with Gasteiger partial charge in [-0.1, -0.05) is 30.3 Å². The van der Waals surface area contributed by atoms with Crippen LogP contribution in [0.5, 0.6) is 0 Å². The van der Waals surface area contributed by atoms with Crippen molar-refractivity contribution in [3.05, 3.63) is 36.4 Å². The minimum absolute atomic E-state index is 0.0757. The SMILES string of the molecule is Nc1c(NCCC(=O)O)ccc2ccccc12. The molecule has 17 heavy (non-hydrogen) atoms. The van der Waals surface area contributed by atoms with Gasteiger partial charge < -0.3 is 16.2 Å². The smallest absolute Gasteiger partial charge is 0.305 e. The predicted molar refractivity (Wildman–Crippen MR) is 69.1 cm³/mol. The average Bonchev–Trinajstić information content (AvgIpc) is 2.32. The number of nitrogens with two attached hydrogens (primary N) is 1. The molecule has 0 aliphatic rings. The van der Waals surface area contributed by atoms with Crippen LogP contribution < -0.4 is 11.1 Å². The Morgan fingerprint density at radius 2 is 2.00 bits per heavy atom. The maximum absolute atomic E-state index is 10.4. The second-order valence-electron chi connectivity index (χ2n) is 3.82. The molecule has 4 N–H and O–H groups in total. The summed E-state index contributed by atoms with van der Waals surface area (Å²) in [7, 11) is 0. The lowest BCUT2D eigenvalue weighted by Crippen LogP contribution is -2.09. The Balaban J connectivity index is 2.23. The number of aliphatic carboxylic acids is 1. The molecule has 0 aliphatic heterocycles. The van der Waals surface area contributed by atoms with Crippen molar-refractivity contribution in [2.75, 3.05) is 17.6 Å². The summed E-state index contributed by atoms with van der Waals surface area (Å²) >= 11 is 0. The van der Waals surface area contributed by atoms with Crippen molar-refractivity contribution in [2.24, 2.45) is 0 Å². The third kappa shape index (κ3) is 2.47. The molecule has 0 saturated carbocycles. The number of fused-ring (bicyclic) bond motifs is 1. The first-order valence-corrected chi connectivity index (χ1v) is 5.41. The van der Waals surface area contributed by atoms with Gasteiger partial charge in [-0.15, -0.1) is 0 Å². The van der Waals surface area contributed by atoms with Gasteiger partial charge in [-0.3, -0.25) is 4.79 Å². The van der Waals surface area contributed by atoms with Gasteiger partial charge in [0.15, 0.2) is 0 Å². The summed E-state index contributed by atoms with van der Waals surface area (Å²) in [5.74, 6) is -0.822. The largest absolute Gasteiger partial charge is 0.481 e. The lowest BCUT2D eigenvalue weighted by atomic mass is 10.1. The van der Waals surface area contributed by atoms with E-state index in [2.05, 4.69) is 5.32 Å². The van der Waals surface area contributed by atoms with Gasteiger partial charge in [-0.25, -0.2) is 0 Å². The van der Waals surface area contributed by atoms with Gasteiger partial charge >= 0.3 is 5.97 Å². The summed E-state index contributed by atoms with van der Waals surface area (Å²) in [6.07, 6.45) is 0.0757. The molecule has 0 unspecified atom stereocenters. The highest BCUT2D eigenvalue weighted by Gasteiger charge is 2.04. The summed E-state index contributed by atoms with van der Waals surface area (Å²) in [4.78, 5) is 10.4. The third-order valence-electron chi connectivity index (χ3n) is 2.63. The summed E-state index contributed by atoms with van der Waals surface area (Å²) in [5, 5.41) is 13.6. The van der Waals surface area contributed by atoms with E-state index in [4.69, 9.17) is 10.8 Å². The topological polar surface area (TPSA) is 75.3 Å². The Morgan fingerprint density at radius 1 is 1.24 bits per heavy atom. The highest BCUT2D eigenvalue weighted by atomic mass is 16.4. The zero-order valence-corrected chi connectivity index (χ0v) is 9.31. The molecule has 0 aromatic heterocycles. The molecule has 0 heterocycles. The Bertz CT molecular complexity index is 552. The highest BCUT2D eigenvalue weighted by Crippen LogP contribution is 2.28. The first-order valence-electron chi connectivity index (χ1n) is 5.41. The van der Waals surface area contributed by atoms with Crippen molar-refractivity contribution >= 4 is 28.1 Å². The van der Waals surface area contributed by atoms with E-state index in [1.54, 1.807) is 0 Å². The number of hydrogen-bond acceptors (Lipinski definition) is 3. The first kappa shape index (κ1) is 11.3. The number of carboxylic acid groups (broad SMARTS) is 1. The van der Waals surface area contributed by atoms with Crippen molar-refractivity contribution in [1.82, 2.24) is 0 Å². The van der Waals surface area contributed by atoms with Crippen LogP contribution in [-0.4, -0.2) is 17.6 Å². The van der Waals surface area contributed by atoms with E-state index >= 15 is 0 Å². The second kappa shape index (κ2) is 4.74. The van der Waals surface area contributed by atoms with Gasteiger partial charge in [0.2, 0.25) is 0 Å². The lowest BCUT2D eigenvalue weighted by molar-refractivity contribution is -0.136. The maximum atomic E-state index is 10.4. The van der Waals surface area contributed by atoms with Gasteiger partial charge in [0.25, 0.3) is 0 Å². The molecule has 2 aromatic carbocycles. The highest BCUT2D eigenvalue weighted by molar-refractivity contribution is 5.98. The van der Waals surface area contributed by atoms with E-state index in [0.717, 1.165) is 16.5 Å². The number of benzene rings is 2. The molecule has 88 valence electrons. The van der Waals surface area contributed by atoms with Crippen molar-refractivity contribution in [1.29, 1.82) is 0 Å². The first-order chi connectivity index (χ1) is 8.18. The van der Waals surface area contributed by atoms with Crippen LogP contribution >= 0.6 is 0 Å². The zero-order valence-electron chi connectivity index (χ0n) is 9.31. The second-order valence-corrected chi connectivity index (χ2v) is 3.82. The van der Waals surface area contributed by atoms with Crippen LogP contribution in [0.1, 0.15) is 6.42 Å². The lowest BCUT2D eigenvalue weighted by Gasteiger charge is -2.10. The van der Waals surface area contributed by atoms with E-state index in [-0.39, 0.29) is 6.42 Å². The number of anilines is 2. The molecule has 4 heteroatoms. The number of hydrogen-bond donors (Lipinski definition) is 3. The summed E-state index contributed by atoms with van der Waals surface area (Å²) in [5.41, 5.74) is 7.47. The molecular formula is C13H14N2O2. The molecule has 0 aliphatic carbocycles. The maximum Gasteiger partial charge on any atom is 0.305 e. The van der Waals surface area contributed by atoms with Crippen LogP contribution in [0.4, 0.5) is 11.4 Å². The van der Waals surface area contributed by atoms with Gasteiger partial charge in [-0.05, 0) is 11.5 Å². The normalized spacial score (nSPS) is 10.4. The van der Waals surface area contributed by atoms with Gasteiger partial charge in [0.05, 0.1) is 17.8 Å². The van der Waals surface area contributed by atoms with Crippen LogP contribution in [0.2, 0.25) is 0 Å². The molecule has 0 fully saturated rings. The van der Waals surface area contributed by atoms with E-state index in [9.17, 15) is 4.79 Å². The quantitative estimate of drug-likeness (QED) is 0.704. The summed E-state index contributed by atoms with van der Waals surface area (Å²) in [6.45, 7) is 0.373. The Labute approximate surface area is 99.1 Å². The van der Waals surface area contributed by atoms with Crippen molar-refractivity contribution in [3.63, 3.8) is 0 Å². The van der Waals surface area contributed by atoms with Crippen LogP contribution in [0, 0.1) is 0 Å². The monoisotopic (exact) mass is 230 g/mol. The minimum atomic E-state index is -0.822. The zero-order chi connectivity index (χ0) is 12.3. The number of rotatable bonds is 4. The number of nitrogens with one attached hydrogen (secondary N) is 1. The van der Waals surface area contributed by atoms with Crippen LogP contribution in [0.25, 0.3) is 10.8 Å². The molecule has 0 bridgehead atoms. The predicted octanol–water partition coefficient (Wildman–Crippen LogP) is 2.31. The Hall–Kier alpha value is -2.23. The fourth-order valence-electron chi connectivity index (χ4n) is 1.75. The van der Waals surface area contributed by atoms with Crippen molar-refractivity contribution in [3.8, 4) is 0 Å². The van der Waals surface area contributed by atoms with Gasteiger partial charge in [0, 0.05) is 11.9 Å². The number of carbonyl (C=O) groups is 1. The third-order valence-corrected chi connectivity index (χ3v) is 2.63. The average molecular weight is 230 g/mol. The summed E-state index contributed by atoms with van der Waals surface area (Å²) in [6, 6.07) is 11.7. The molecule has 0 saturated heterocycles. The molecular weight excluding hydrogens is 216 g/mol. The molecule has 0 atom stereocenters. The van der Waals surface area contributed by atoms with Crippen molar-refractivity contribution < 1.29 is 9.90 Å². The van der Waals surface area contributed by atoms with Gasteiger partial charge in [-0.2, -0.15) is 0 Å². The number of nitrogen functional groups attached to an aromatic ring is 1. The molecule has 4 nitrogen and oxygen atoms in total. The Morgan fingerprint density at radius 3 is 2.76 bits per heavy atom. The molecule has 2 rings (SSSR count). The fourth-order valence-corrected chi connectivity index (χ4v) is 1.75. The van der Waals surface area contributed by atoms with E-state index in [0.29, 0.717) is 12.2 Å². The molecule has 0 spiro atoms.